The van der Waals surface area contributed by atoms with Gasteiger partial charge in [0.15, 0.2) is 5.82 Å². The number of halogens is 1. The van der Waals surface area contributed by atoms with Gasteiger partial charge in [0.1, 0.15) is 5.82 Å². The van der Waals surface area contributed by atoms with Gasteiger partial charge < -0.3 is 0 Å². The van der Waals surface area contributed by atoms with Crippen LogP contribution in [0.1, 0.15) is 11.3 Å². The predicted molar refractivity (Wildman–Crippen MR) is 179 cm³/mol. The van der Waals surface area contributed by atoms with E-state index in [4.69, 9.17) is 15.0 Å². The van der Waals surface area contributed by atoms with Gasteiger partial charge in [-0.3, -0.25) is 4.57 Å². The molecule has 4 nitrogen and oxygen atoms in total. The van der Waals surface area contributed by atoms with Crippen LogP contribution in [0.5, 0.6) is 0 Å². The second-order valence-electron chi connectivity index (χ2n) is 10.6. The minimum absolute atomic E-state index is 0.686. The fourth-order valence-electron chi connectivity index (χ4n) is 5.94. The number of rotatable bonds is 5. The van der Waals surface area contributed by atoms with E-state index in [1.165, 1.54) is 5.56 Å². The largest absolute Gasteiger partial charge is 0.291 e. The first-order valence-corrected chi connectivity index (χ1v) is 15.1. The molecule has 0 atom stereocenters. The maximum atomic E-state index is 5.39. The van der Waals surface area contributed by atoms with Crippen molar-refractivity contribution in [1.82, 2.24) is 19.5 Å². The molecule has 43 heavy (non-hydrogen) atoms. The highest BCUT2D eigenvalue weighted by atomic mass is 79.9. The summed E-state index contributed by atoms with van der Waals surface area (Å²) in [5, 5.41) is 3.38. The molecule has 0 saturated heterocycles. The fraction of sp³-hybridized carbons (Fsp3) is 0.0263. The zero-order chi connectivity index (χ0) is 28.8. The normalized spacial score (nSPS) is 11.5. The molecule has 0 radical (unpaired) electrons. The molecule has 0 amide bonds. The Labute approximate surface area is 257 Å². The zero-order valence-corrected chi connectivity index (χ0v) is 24.7. The van der Waals surface area contributed by atoms with Gasteiger partial charge in [0.2, 0.25) is 0 Å². The van der Waals surface area contributed by atoms with Gasteiger partial charge in [-0.15, -0.1) is 0 Å². The minimum atomic E-state index is 0.686. The molecule has 0 aliphatic heterocycles. The molecule has 0 spiro atoms. The number of nitrogens with zero attached hydrogens (tertiary/aromatic N) is 4. The number of benzene rings is 5. The standard InChI is InChI=1S/C38H25BrN4/c39-31-21-11-7-17-27(31)23-33-28-18-8-9-19-29(28)37-36(40-33)30-20-10-12-22-34(30)43(37)35-24-32(25-13-3-1-4-14-25)41-38(42-35)26-15-5-2-6-16-26/h1-22,24H,23H2. The predicted octanol–water partition coefficient (Wildman–Crippen LogP) is 9.81. The Morgan fingerprint density at radius 2 is 1.19 bits per heavy atom. The summed E-state index contributed by atoms with van der Waals surface area (Å²) >= 11 is 3.75. The first-order chi connectivity index (χ1) is 21.2. The van der Waals surface area contributed by atoms with Crippen molar-refractivity contribution in [2.24, 2.45) is 0 Å². The van der Waals surface area contributed by atoms with Crippen LogP contribution in [-0.2, 0) is 6.42 Å². The number of hydrogen-bond donors (Lipinski definition) is 0. The van der Waals surface area contributed by atoms with Crippen LogP contribution < -0.4 is 0 Å². The molecule has 8 aromatic rings. The minimum Gasteiger partial charge on any atom is -0.291 e. The molecule has 3 aromatic heterocycles. The highest BCUT2D eigenvalue weighted by Crippen LogP contribution is 2.38. The number of hydrogen-bond acceptors (Lipinski definition) is 3. The lowest BCUT2D eigenvalue weighted by molar-refractivity contribution is 1.05. The van der Waals surface area contributed by atoms with E-state index in [1.807, 2.05) is 42.5 Å². The Balaban J connectivity index is 1.46. The summed E-state index contributed by atoms with van der Waals surface area (Å²) in [6.45, 7) is 0. The topological polar surface area (TPSA) is 43.6 Å². The SMILES string of the molecule is Brc1ccccc1Cc1nc2c3ccccc3n(-c3cc(-c4ccccc4)nc(-c4ccccc4)n3)c2c2ccccc12. The second kappa shape index (κ2) is 10.6. The lowest BCUT2D eigenvalue weighted by Gasteiger charge is -2.14. The molecule has 5 aromatic carbocycles. The molecule has 0 unspecified atom stereocenters. The average Bonchev–Trinajstić information content (AvgIpc) is 3.41. The quantitative estimate of drug-likeness (QED) is 0.193. The van der Waals surface area contributed by atoms with E-state index in [9.17, 15) is 0 Å². The van der Waals surface area contributed by atoms with Crippen molar-refractivity contribution in [3.05, 3.63) is 155 Å². The van der Waals surface area contributed by atoms with Gasteiger partial charge in [-0.2, -0.15) is 0 Å². The first-order valence-electron chi connectivity index (χ1n) is 14.3. The van der Waals surface area contributed by atoms with Gasteiger partial charge in [0.25, 0.3) is 0 Å². The van der Waals surface area contributed by atoms with Gasteiger partial charge in [-0.1, -0.05) is 137 Å². The van der Waals surface area contributed by atoms with Crippen LogP contribution in [0.15, 0.2) is 144 Å². The molecule has 0 aliphatic carbocycles. The first kappa shape index (κ1) is 25.6. The van der Waals surface area contributed by atoms with Crippen molar-refractivity contribution in [2.75, 3.05) is 0 Å². The summed E-state index contributed by atoms with van der Waals surface area (Å²) in [5.74, 6) is 1.50. The van der Waals surface area contributed by atoms with Crippen LogP contribution in [0.4, 0.5) is 0 Å². The highest BCUT2D eigenvalue weighted by molar-refractivity contribution is 9.10. The van der Waals surface area contributed by atoms with Crippen LogP contribution in [0.2, 0.25) is 0 Å². The van der Waals surface area contributed by atoms with Gasteiger partial charge in [-0.25, -0.2) is 15.0 Å². The van der Waals surface area contributed by atoms with Crippen LogP contribution in [0.3, 0.4) is 0 Å². The van der Waals surface area contributed by atoms with Crippen LogP contribution >= 0.6 is 15.9 Å². The molecule has 0 N–H and O–H groups in total. The Hall–Kier alpha value is -5.13. The Morgan fingerprint density at radius 1 is 0.558 bits per heavy atom. The lowest BCUT2D eigenvalue weighted by Crippen LogP contribution is -2.03. The second-order valence-corrected chi connectivity index (χ2v) is 11.4. The summed E-state index contributed by atoms with van der Waals surface area (Å²) in [6.07, 6.45) is 0.723. The summed E-state index contributed by atoms with van der Waals surface area (Å²) in [6, 6.07) is 48.0. The third-order valence-electron chi connectivity index (χ3n) is 7.95. The van der Waals surface area contributed by atoms with Gasteiger partial charge >= 0.3 is 0 Å². The highest BCUT2D eigenvalue weighted by Gasteiger charge is 2.21. The van der Waals surface area contributed by atoms with E-state index >= 15 is 0 Å². The van der Waals surface area contributed by atoms with Gasteiger partial charge in [-0.05, 0) is 17.7 Å². The molecule has 0 bridgehead atoms. The smallest absolute Gasteiger partial charge is 0.162 e. The zero-order valence-electron chi connectivity index (χ0n) is 23.2. The third kappa shape index (κ3) is 4.49. The number of fused-ring (bicyclic) bond motifs is 5. The molecule has 0 aliphatic rings. The van der Waals surface area contributed by atoms with Crippen molar-refractivity contribution in [3.63, 3.8) is 0 Å². The Bertz CT molecular complexity index is 2220. The maximum absolute atomic E-state index is 5.39. The number of para-hydroxylation sites is 1. The van der Waals surface area contributed by atoms with Crippen LogP contribution in [0, 0.1) is 0 Å². The van der Waals surface area contributed by atoms with Crippen molar-refractivity contribution in [2.45, 2.75) is 6.42 Å². The molecular weight excluding hydrogens is 592 g/mol. The third-order valence-corrected chi connectivity index (χ3v) is 8.72. The molecule has 5 heteroatoms. The summed E-state index contributed by atoms with van der Waals surface area (Å²) in [7, 11) is 0. The number of pyridine rings is 1. The molecular formula is C38H25BrN4. The molecule has 204 valence electrons. The molecule has 0 saturated carbocycles. The van der Waals surface area contributed by atoms with Crippen molar-refractivity contribution < 1.29 is 0 Å². The molecule has 0 fully saturated rings. The van der Waals surface area contributed by atoms with Crippen LogP contribution in [0.25, 0.3) is 61.2 Å². The monoisotopic (exact) mass is 616 g/mol. The lowest BCUT2D eigenvalue weighted by atomic mass is 10.0. The summed E-state index contributed by atoms with van der Waals surface area (Å²) in [4.78, 5) is 15.6. The van der Waals surface area contributed by atoms with E-state index in [0.29, 0.717) is 5.82 Å². The van der Waals surface area contributed by atoms with Gasteiger partial charge in [0.05, 0.1) is 27.9 Å². The van der Waals surface area contributed by atoms with Crippen molar-refractivity contribution >= 4 is 48.6 Å². The van der Waals surface area contributed by atoms with Crippen LogP contribution in [-0.4, -0.2) is 19.5 Å². The van der Waals surface area contributed by atoms with E-state index in [1.54, 1.807) is 0 Å². The number of aromatic nitrogens is 4. The fourth-order valence-corrected chi connectivity index (χ4v) is 6.36. The Morgan fingerprint density at radius 3 is 1.95 bits per heavy atom. The summed E-state index contributed by atoms with van der Waals surface area (Å²) < 4.78 is 3.36. The van der Waals surface area contributed by atoms with E-state index in [0.717, 1.165) is 71.9 Å². The Kier molecular flexibility index (Phi) is 6.31. The maximum Gasteiger partial charge on any atom is 0.162 e. The van der Waals surface area contributed by atoms with Crippen molar-refractivity contribution in [3.8, 4) is 28.5 Å². The van der Waals surface area contributed by atoms with E-state index in [-0.39, 0.29) is 0 Å². The van der Waals surface area contributed by atoms with Gasteiger partial charge in [0, 0.05) is 44.2 Å². The molecule has 8 rings (SSSR count). The summed E-state index contributed by atoms with van der Waals surface area (Å²) in [5.41, 5.74) is 8.23. The van der Waals surface area contributed by atoms with E-state index in [2.05, 4.69) is 118 Å². The molecule has 3 heterocycles. The van der Waals surface area contributed by atoms with E-state index < -0.39 is 0 Å². The van der Waals surface area contributed by atoms with Crippen molar-refractivity contribution in [1.29, 1.82) is 0 Å². The average molecular weight is 618 g/mol.